The topological polar surface area (TPSA) is 45.5 Å². The van der Waals surface area contributed by atoms with Gasteiger partial charge in [-0.15, -0.1) is 0 Å². The largest absolute Gasteiger partial charge is 0.454 e. The molecule has 4 heteroatoms. The van der Waals surface area contributed by atoms with Crippen LogP contribution >= 0.6 is 0 Å². The Morgan fingerprint density at radius 1 is 1.39 bits per heavy atom. The Balaban J connectivity index is 1.95. The highest BCUT2D eigenvalue weighted by atomic mass is 16.7. The molecule has 0 amide bonds. The minimum Gasteiger partial charge on any atom is -0.454 e. The van der Waals surface area contributed by atoms with Crippen molar-refractivity contribution in [1.82, 2.24) is 4.90 Å². The Hall–Kier alpha value is -1.73. The van der Waals surface area contributed by atoms with Crippen LogP contribution in [0.5, 0.6) is 11.5 Å². The van der Waals surface area contributed by atoms with E-state index in [0.29, 0.717) is 6.79 Å². The van der Waals surface area contributed by atoms with Crippen LogP contribution in [-0.4, -0.2) is 25.3 Å². The zero-order valence-corrected chi connectivity index (χ0v) is 10.8. The highest BCUT2D eigenvalue weighted by molar-refractivity contribution is 5.44. The summed E-state index contributed by atoms with van der Waals surface area (Å²) in [6.45, 7) is 3.96. The first-order chi connectivity index (χ1) is 8.72. The Labute approximate surface area is 108 Å². The fraction of sp³-hybridized carbons (Fsp3) is 0.500. The van der Waals surface area contributed by atoms with Crippen molar-refractivity contribution in [2.75, 3.05) is 20.4 Å². The number of hydrogen-bond donors (Lipinski definition) is 0. The lowest BCUT2D eigenvalue weighted by atomic mass is 10.1. The summed E-state index contributed by atoms with van der Waals surface area (Å²) in [7, 11) is 2.03. The number of benzene rings is 1. The number of nitrogens with zero attached hydrogens (tertiary/aromatic N) is 2. The van der Waals surface area contributed by atoms with Crippen LogP contribution in [-0.2, 0) is 6.54 Å². The van der Waals surface area contributed by atoms with Gasteiger partial charge in [0.2, 0.25) is 6.79 Å². The number of fused-ring (bicyclic) bond motifs is 1. The van der Waals surface area contributed by atoms with Crippen molar-refractivity contribution < 1.29 is 9.47 Å². The summed E-state index contributed by atoms with van der Waals surface area (Å²) in [6.07, 6.45) is 0.891. The van der Waals surface area contributed by atoms with Crippen LogP contribution in [0.3, 0.4) is 0 Å². The molecule has 1 aliphatic heterocycles. The number of nitriles is 1. The van der Waals surface area contributed by atoms with Crippen LogP contribution in [0.2, 0.25) is 0 Å². The van der Waals surface area contributed by atoms with Crippen molar-refractivity contribution in [3.63, 3.8) is 0 Å². The number of hydrogen-bond acceptors (Lipinski definition) is 4. The van der Waals surface area contributed by atoms with Crippen molar-refractivity contribution in [3.05, 3.63) is 23.8 Å². The van der Waals surface area contributed by atoms with E-state index < -0.39 is 0 Å². The van der Waals surface area contributed by atoms with Gasteiger partial charge in [-0.3, -0.25) is 0 Å². The first-order valence-corrected chi connectivity index (χ1v) is 6.19. The van der Waals surface area contributed by atoms with Crippen LogP contribution in [0, 0.1) is 17.2 Å². The molecule has 0 spiro atoms. The van der Waals surface area contributed by atoms with E-state index in [1.54, 1.807) is 0 Å². The second-order valence-electron chi connectivity index (χ2n) is 4.62. The maximum atomic E-state index is 8.95. The molecule has 1 aromatic carbocycles. The highest BCUT2D eigenvalue weighted by Crippen LogP contribution is 2.32. The Kier molecular flexibility index (Phi) is 4.06. The van der Waals surface area contributed by atoms with Crippen molar-refractivity contribution in [3.8, 4) is 17.6 Å². The first-order valence-electron chi connectivity index (χ1n) is 6.19. The first kappa shape index (κ1) is 12.7. The molecule has 0 N–H and O–H groups in total. The third kappa shape index (κ3) is 2.93. The zero-order chi connectivity index (χ0) is 13.0. The summed E-state index contributed by atoms with van der Waals surface area (Å²) in [6, 6.07) is 8.31. The standard InChI is InChI=1S/C14H18N2O2/c1-3-11(7-15)8-16(2)9-12-4-5-13-14(6-12)18-10-17-13/h4-6,11H,3,8-10H2,1-2H3. The van der Waals surface area contributed by atoms with Gasteiger partial charge in [0.1, 0.15) is 0 Å². The van der Waals surface area contributed by atoms with Gasteiger partial charge in [0.25, 0.3) is 0 Å². The molecule has 1 aromatic rings. The molecule has 0 saturated carbocycles. The Morgan fingerprint density at radius 2 is 2.17 bits per heavy atom. The van der Waals surface area contributed by atoms with E-state index in [0.717, 1.165) is 31.0 Å². The Morgan fingerprint density at radius 3 is 2.89 bits per heavy atom. The molecule has 0 aliphatic carbocycles. The zero-order valence-electron chi connectivity index (χ0n) is 10.8. The van der Waals surface area contributed by atoms with E-state index in [1.807, 2.05) is 32.2 Å². The summed E-state index contributed by atoms with van der Waals surface area (Å²) in [5.41, 5.74) is 1.18. The molecule has 1 unspecified atom stereocenters. The lowest BCUT2D eigenvalue weighted by molar-refractivity contribution is 0.174. The van der Waals surface area contributed by atoms with Gasteiger partial charge < -0.3 is 14.4 Å². The molecule has 4 nitrogen and oxygen atoms in total. The molecule has 96 valence electrons. The van der Waals surface area contributed by atoms with Gasteiger partial charge in [0, 0.05) is 13.1 Å². The fourth-order valence-electron chi connectivity index (χ4n) is 2.05. The fourth-order valence-corrected chi connectivity index (χ4v) is 2.05. The van der Waals surface area contributed by atoms with Crippen LogP contribution in [0.15, 0.2) is 18.2 Å². The smallest absolute Gasteiger partial charge is 0.231 e. The average molecular weight is 246 g/mol. The molecule has 2 rings (SSSR count). The summed E-state index contributed by atoms with van der Waals surface area (Å²) >= 11 is 0. The maximum Gasteiger partial charge on any atom is 0.231 e. The molecule has 0 radical (unpaired) electrons. The van der Waals surface area contributed by atoms with Crippen molar-refractivity contribution >= 4 is 0 Å². The van der Waals surface area contributed by atoms with Gasteiger partial charge >= 0.3 is 0 Å². The minimum atomic E-state index is 0.101. The second-order valence-corrected chi connectivity index (χ2v) is 4.62. The van der Waals surface area contributed by atoms with Gasteiger partial charge in [-0.25, -0.2) is 0 Å². The maximum absolute atomic E-state index is 8.95. The van der Waals surface area contributed by atoms with Crippen molar-refractivity contribution in [2.24, 2.45) is 5.92 Å². The third-order valence-electron chi connectivity index (χ3n) is 3.10. The third-order valence-corrected chi connectivity index (χ3v) is 3.10. The average Bonchev–Trinajstić information content (AvgIpc) is 2.83. The van der Waals surface area contributed by atoms with Crippen LogP contribution in [0.1, 0.15) is 18.9 Å². The summed E-state index contributed by atoms with van der Waals surface area (Å²) < 4.78 is 10.6. The molecule has 18 heavy (non-hydrogen) atoms. The molecule has 0 fully saturated rings. The van der Waals surface area contributed by atoms with E-state index in [4.69, 9.17) is 14.7 Å². The van der Waals surface area contributed by atoms with Crippen LogP contribution in [0.25, 0.3) is 0 Å². The summed E-state index contributed by atoms with van der Waals surface area (Å²) in [5.74, 6) is 1.72. The van der Waals surface area contributed by atoms with Crippen molar-refractivity contribution in [1.29, 1.82) is 5.26 Å². The molecule has 0 aromatic heterocycles. The van der Waals surface area contributed by atoms with E-state index in [-0.39, 0.29) is 5.92 Å². The normalized spacial score (nSPS) is 14.6. The van der Waals surface area contributed by atoms with Gasteiger partial charge in [-0.2, -0.15) is 5.26 Å². The minimum absolute atomic E-state index is 0.101. The molecule has 0 bridgehead atoms. The van der Waals surface area contributed by atoms with Gasteiger partial charge in [0.05, 0.1) is 12.0 Å². The van der Waals surface area contributed by atoms with Gasteiger partial charge in [0.15, 0.2) is 11.5 Å². The highest BCUT2D eigenvalue weighted by Gasteiger charge is 2.14. The SMILES string of the molecule is CCC(C#N)CN(C)Cc1ccc2c(c1)OCO2. The quantitative estimate of drug-likeness (QED) is 0.800. The number of rotatable bonds is 5. The predicted molar refractivity (Wildman–Crippen MR) is 68.3 cm³/mol. The van der Waals surface area contributed by atoms with E-state index in [9.17, 15) is 0 Å². The van der Waals surface area contributed by atoms with Crippen molar-refractivity contribution in [2.45, 2.75) is 19.9 Å². The van der Waals surface area contributed by atoms with Crippen LogP contribution in [0.4, 0.5) is 0 Å². The lowest BCUT2D eigenvalue weighted by Crippen LogP contribution is -2.24. The molecular weight excluding hydrogens is 228 g/mol. The molecule has 1 atom stereocenters. The van der Waals surface area contributed by atoms with Gasteiger partial charge in [-0.05, 0) is 31.2 Å². The molecule has 0 saturated heterocycles. The Bertz CT molecular complexity index is 454. The lowest BCUT2D eigenvalue weighted by Gasteiger charge is -2.19. The summed E-state index contributed by atoms with van der Waals surface area (Å²) in [5, 5.41) is 8.95. The van der Waals surface area contributed by atoms with E-state index >= 15 is 0 Å². The second kappa shape index (κ2) is 5.74. The van der Waals surface area contributed by atoms with Gasteiger partial charge in [-0.1, -0.05) is 13.0 Å². The molecule has 1 aliphatic rings. The molecular formula is C14H18N2O2. The predicted octanol–water partition coefficient (Wildman–Crippen LogP) is 2.40. The van der Waals surface area contributed by atoms with Crippen LogP contribution < -0.4 is 9.47 Å². The monoisotopic (exact) mass is 246 g/mol. The molecule has 1 heterocycles. The van der Waals surface area contributed by atoms with E-state index in [2.05, 4.69) is 11.0 Å². The van der Waals surface area contributed by atoms with E-state index in [1.165, 1.54) is 5.56 Å². The number of ether oxygens (including phenoxy) is 2. The summed E-state index contributed by atoms with van der Waals surface area (Å²) in [4.78, 5) is 2.16.